The molecule has 4 nitrogen and oxygen atoms in total. The molecule has 1 amide bonds. The summed E-state index contributed by atoms with van der Waals surface area (Å²) in [6, 6.07) is 10.6. The van der Waals surface area contributed by atoms with Crippen LogP contribution in [0.2, 0.25) is 0 Å². The molecule has 1 aromatic carbocycles. The molecule has 1 atom stereocenters. The monoisotopic (exact) mass is 358 g/mol. The average Bonchev–Trinajstić information content (AvgIpc) is 3.34. The van der Waals surface area contributed by atoms with Crippen molar-refractivity contribution in [3.8, 4) is 10.6 Å². The maximum Gasteiger partial charge on any atom is 0.240 e. The Kier molecular flexibility index (Phi) is 4.55. The number of halogens is 1. The van der Waals surface area contributed by atoms with E-state index in [0.717, 1.165) is 40.9 Å². The average molecular weight is 358 g/mol. The Bertz CT molecular complexity index is 882. The molecule has 0 aliphatic carbocycles. The SMILES string of the molecule is O=C(Cn1c(-c2cccs2)cc2cc(F)ccc21)NC[C@@H]1CCCO1. The summed E-state index contributed by atoms with van der Waals surface area (Å²) < 4.78 is 21.1. The summed E-state index contributed by atoms with van der Waals surface area (Å²) in [5.74, 6) is -0.333. The summed E-state index contributed by atoms with van der Waals surface area (Å²) in [6.07, 6.45) is 2.17. The molecule has 0 saturated carbocycles. The number of fused-ring (bicyclic) bond motifs is 1. The zero-order chi connectivity index (χ0) is 17.2. The first-order chi connectivity index (χ1) is 12.2. The van der Waals surface area contributed by atoms with Gasteiger partial charge in [0.15, 0.2) is 0 Å². The second-order valence-electron chi connectivity index (χ2n) is 6.24. The molecule has 0 unspecified atom stereocenters. The van der Waals surface area contributed by atoms with Gasteiger partial charge in [0.05, 0.1) is 16.7 Å². The number of rotatable bonds is 5. The molecule has 1 aliphatic rings. The molecule has 25 heavy (non-hydrogen) atoms. The Balaban J connectivity index is 1.60. The van der Waals surface area contributed by atoms with Gasteiger partial charge in [0, 0.05) is 24.1 Å². The Labute approximate surface area is 149 Å². The normalized spacial score (nSPS) is 17.2. The highest BCUT2D eigenvalue weighted by molar-refractivity contribution is 7.13. The zero-order valence-electron chi connectivity index (χ0n) is 13.7. The molecule has 1 saturated heterocycles. The first kappa shape index (κ1) is 16.3. The third kappa shape index (κ3) is 3.45. The van der Waals surface area contributed by atoms with Gasteiger partial charge in [-0.3, -0.25) is 4.79 Å². The molecule has 1 N–H and O–H groups in total. The summed E-state index contributed by atoms with van der Waals surface area (Å²) in [4.78, 5) is 13.5. The van der Waals surface area contributed by atoms with Gasteiger partial charge >= 0.3 is 0 Å². The topological polar surface area (TPSA) is 43.3 Å². The van der Waals surface area contributed by atoms with Gasteiger partial charge in [0.2, 0.25) is 5.91 Å². The molecule has 130 valence electrons. The van der Waals surface area contributed by atoms with Crippen LogP contribution >= 0.6 is 11.3 Å². The highest BCUT2D eigenvalue weighted by Gasteiger charge is 2.18. The number of hydrogen-bond donors (Lipinski definition) is 1. The first-order valence-corrected chi connectivity index (χ1v) is 9.29. The van der Waals surface area contributed by atoms with Crippen LogP contribution in [0.3, 0.4) is 0 Å². The molecule has 3 aromatic rings. The van der Waals surface area contributed by atoms with E-state index in [1.165, 1.54) is 12.1 Å². The number of thiophene rings is 1. The van der Waals surface area contributed by atoms with Crippen molar-refractivity contribution in [3.63, 3.8) is 0 Å². The number of nitrogens with one attached hydrogen (secondary N) is 1. The molecular weight excluding hydrogens is 339 g/mol. The number of nitrogens with zero attached hydrogens (tertiary/aromatic N) is 1. The zero-order valence-corrected chi connectivity index (χ0v) is 14.5. The van der Waals surface area contributed by atoms with E-state index in [0.29, 0.717) is 6.54 Å². The number of benzene rings is 1. The van der Waals surface area contributed by atoms with Crippen LogP contribution in [0.1, 0.15) is 12.8 Å². The lowest BCUT2D eigenvalue weighted by Crippen LogP contribution is -2.34. The molecule has 0 radical (unpaired) electrons. The maximum absolute atomic E-state index is 13.6. The van der Waals surface area contributed by atoms with Gasteiger partial charge in [0.25, 0.3) is 0 Å². The smallest absolute Gasteiger partial charge is 0.240 e. The molecule has 0 bridgehead atoms. The van der Waals surface area contributed by atoms with Crippen LogP contribution in [0.4, 0.5) is 4.39 Å². The minimum atomic E-state index is -0.273. The fraction of sp³-hybridized carbons (Fsp3) is 0.316. The maximum atomic E-state index is 13.6. The van der Waals surface area contributed by atoms with E-state index >= 15 is 0 Å². The number of carbonyl (C=O) groups excluding carboxylic acids is 1. The van der Waals surface area contributed by atoms with Gasteiger partial charge < -0.3 is 14.6 Å². The van der Waals surface area contributed by atoms with E-state index < -0.39 is 0 Å². The van der Waals surface area contributed by atoms with Gasteiger partial charge in [0.1, 0.15) is 12.4 Å². The fourth-order valence-corrected chi connectivity index (χ4v) is 4.02. The minimum absolute atomic E-state index is 0.0601. The van der Waals surface area contributed by atoms with Crippen LogP contribution in [0.15, 0.2) is 41.8 Å². The largest absolute Gasteiger partial charge is 0.376 e. The quantitative estimate of drug-likeness (QED) is 0.754. The fourth-order valence-electron chi connectivity index (χ4n) is 3.27. The van der Waals surface area contributed by atoms with Crippen molar-refractivity contribution >= 4 is 28.1 Å². The van der Waals surface area contributed by atoms with Crippen LogP contribution in [0.5, 0.6) is 0 Å². The van der Waals surface area contributed by atoms with E-state index in [2.05, 4.69) is 5.32 Å². The number of amides is 1. The highest BCUT2D eigenvalue weighted by Crippen LogP contribution is 2.31. The number of ether oxygens (including phenoxy) is 1. The molecular formula is C19H19FN2O2S. The molecule has 0 spiro atoms. The lowest BCUT2D eigenvalue weighted by molar-refractivity contribution is -0.122. The van der Waals surface area contributed by atoms with Gasteiger partial charge in [-0.2, -0.15) is 0 Å². The Morgan fingerprint density at radius 2 is 2.28 bits per heavy atom. The summed E-state index contributed by atoms with van der Waals surface area (Å²) in [7, 11) is 0. The van der Waals surface area contributed by atoms with Crippen molar-refractivity contribution in [1.29, 1.82) is 0 Å². The van der Waals surface area contributed by atoms with Crippen LogP contribution < -0.4 is 5.32 Å². The van der Waals surface area contributed by atoms with Crippen molar-refractivity contribution < 1.29 is 13.9 Å². The van der Waals surface area contributed by atoms with Crippen LogP contribution in [-0.4, -0.2) is 29.7 Å². The highest BCUT2D eigenvalue weighted by atomic mass is 32.1. The standard InChI is InChI=1S/C19H19FN2O2S/c20-14-5-6-16-13(9-14)10-17(18-4-2-8-25-18)22(16)12-19(23)21-11-15-3-1-7-24-15/h2,4-6,8-10,15H,1,3,7,11-12H2,(H,21,23)/t15-/m0/s1. The number of aromatic nitrogens is 1. The van der Waals surface area contributed by atoms with Crippen molar-refractivity contribution in [1.82, 2.24) is 9.88 Å². The third-order valence-corrected chi connectivity index (χ3v) is 5.38. The minimum Gasteiger partial charge on any atom is -0.376 e. The third-order valence-electron chi connectivity index (χ3n) is 4.49. The van der Waals surface area contributed by atoms with Gasteiger partial charge in [-0.05, 0) is 48.6 Å². The first-order valence-electron chi connectivity index (χ1n) is 8.42. The van der Waals surface area contributed by atoms with Crippen LogP contribution in [0.25, 0.3) is 21.5 Å². The van der Waals surface area contributed by atoms with Crippen molar-refractivity contribution in [2.45, 2.75) is 25.5 Å². The Morgan fingerprint density at radius 1 is 1.36 bits per heavy atom. The van der Waals surface area contributed by atoms with Crippen molar-refractivity contribution in [2.75, 3.05) is 13.2 Å². The summed E-state index contributed by atoms with van der Waals surface area (Å²) >= 11 is 1.60. The molecule has 3 heterocycles. The van der Waals surface area contributed by atoms with Crippen molar-refractivity contribution in [3.05, 3.63) is 47.6 Å². The van der Waals surface area contributed by atoms with Gasteiger partial charge in [-0.25, -0.2) is 4.39 Å². The van der Waals surface area contributed by atoms with E-state index in [-0.39, 0.29) is 24.4 Å². The van der Waals surface area contributed by atoms with Gasteiger partial charge in [-0.15, -0.1) is 11.3 Å². The Hall–Kier alpha value is -2.18. The van der Waals surface area contributed by atoms with E-state index in [1.54, 1.807) is 17.4 Å². The van der Waals surface area contributed by atoms with E-state index in [4.69, 9.17) is 4.74 Å². The second kappa shape index (κ2) is 6.98. The molecule has 6 heteroatoms. The van der Waals surface area contributed by atoms with Crippen LogP contribution in [-0.2, 0) is 16.1 Å². The van der Waals surface area contributed by atoms with Gasteiger partial charge in [-0.1, -0.05) is 6.07 Å². The summed E-state index contributed by atoms with van der Waals surface area (Å²) in [6.45, 7) is 1.52. The predicted molar refractivity (Wildman–Crippen MR) is 97.2 cm³/mol. The summed E-state index contributed by atoms with van der Waals surface area (Å²) in [5.41, 5.74) is 1.79. The molecule has 2 aromatic heterocycles. The molecule has 1 aliphatic heterocycles. The second-order valence-corrected chi connectivity index (χ2v) is 7.18. The molecule has 1 fully saturated rings. The number of hydrogen-bond acceptors (Lipinski definition) is 3. The Morgan fingerprint density at radius 3 is 3.04 bits per heavy atom. The van der Waals surface area contributed by atoms with Crippen LogP contribution in [0, 0.1) is 5.82 Å². The lowest BCUT2D eigenvalue weighted by Gasteiger charge is -2.13. The van der Waals surface area contributed by atoms with E-state index in [9.17, 15) is 9.18 Å². The van der Waals surface area contributed by atoms with Crippen molar-refractivity contribution in [2.24, 2.45) is 0 Å². The lowest BCUT2D eigenvalue weighted by atomic mass is 10.2. The number of carbonyl (C=O) groups is 1. The summed E-state index contributed by atoms with van der Waals surface area (Å²) in [5, 5.41) is 5.75. The predicted octanol–water partition coefficient (Wildman–Crippen LogP) is 3.80. The van der Waals surface area contributed by atoms with E-state index in [1.807, 2.05) is 28.1 Å². The molecule has 4 rings (SSSR count).